The number of carbonyl (C=O) groups excluding carboxylic acids is 1. The minimum Gasteiger partial charge on any atom is -0.356 e. The molecule has 0 saturated carbocycles. The van der Waals surface area contributed by atoms with Gasteiger partial charge in [-0.3, -0.25) is 4.79 Å². The lowest BCUT2D eigenvalue weighted by atomic mass is 9.92. The maximum Gasteiger partial charge on any atom is 0.220 e. The van der Waals surface area contributed by atoms with E-state index in [0.29, 0.717) is 6.42 Å². The van der Waals surface area contributed by atoms with Gasteiger partial charge in [0, 0.05) is 13.0 Å². The molecule has 0 aliphatic carbocycles. The Balaban J connectivity index is 2.06. The number of carbonyl (C=O) groups is 1. The maximum absolute atomic E-state index is 11.5. The fourth-order valence-electron chi connectivity index (χ4n) is 1.92. The highest BCUT2D eigenvalue weighted by atomic mass is 16.1. The summed E-state index contributed by atoms with van der Waals surface area (Å²) in [5, 5.41) is 6.34. The lowest BCUT2D eigenvalue weighted by molar-refractivity contribution is -0.122. The molecule has 1 saturated heterocycles. The number of amides is 1. The molecule has 0 aromatic carbocycles. The van der Waals surface area contributed by atoms with Crippen molar-refractivity contribution in [3.8, 4) is 0 Å². The Kier molecular flexibility index (Phi) is 4.58. The molecule has 3 nitrogen and oxygen atoms in total. The van der Waals surface area contributed by atoms with E-state index in [2.05, 4.69) is 31.4 Å². The van der Waals surface area contributed by atoms with E-state index in [9.17, 15) is 4.79 Å². The molecule has 0 spiro atoms. The minimum absolute atomic E-state index is 0.0962. The molecule has 3 heteroatoms. The van der Waals surface area contributed by atoms with Crippen LogP contribution in [0.25, 0.3) is 0 Å². The van der Waals surface area contributed by atoms with Crippen molar-refractivity contribution in [2.75, 3.05) is 19.6 Å². The van der Waals surface area contributed by atoms with Gasteiger partial charge in [0.05, 0.1) is 0 Å². The quantitative estimate of drug-likeness (QED) is 0.742. The molecule has 1 aliphatic heterocycles. The Labute approximate surface area is 93.0 Å². The summed E-state index contributed by atoms with van der Waals surface area (Å²) in [6.07, 6.45) is 2.99. The predicted molar refractivity (Wildman–Crippen MR) is 62.7 cm³/mol. The van der Waals surface area contributed by atoms with Crippen LogP contribution in [0.1, 0.15) is 40.0 Å². The second kappa shape index (κ2) is 5.50. The first-order chi connectivity index (χ1) is 6.97. The lowest BCUT2D eigenvalue weighted by Gasteiger charge is -2.17. The zero-order chi connectivity index (χ0) is 11.3. The summed E-state index contributed by atoms with van der Waals surface area (Å²) in [6, 6.07) is 0. The molecule has 1 aliphatic rings. The molecule has 0 radical (unpaired) electrons. The van der Waals surface area contributed by atoms with Gasteiger partial charge in [0.1, 0.15) is 0 Å². The van der Waals surface area contributed by atoms with Crippen LogP contribution in [0.15, 0.2) is 0 Å². The van der Waals surface area contributed by atoms with Gasteiger partial charge in [0.15, 0.2) is 0 Å². The molecule has 1 amide bonds. The van der Waals surface area contributed by atoms with E-state index in [1.165, 1.54) is 6.42 Å². The lowest BCUT2D eigenvalue weighted by Crippen LogP contribution is -2.29. The van der Waals surface area contributed by atoms with Crippen LogP contribution in [0.2, 0.25) is 0 Å². The van der Waals surface area contributed by atoms with Crippen LogP contribution in [-0.2, 0) is 4.79 Å². The van der Waals surface area contributed by atoms with Gasteiger partial charge in [-0.1, -0.05) is 20.8 Å². The van der Waals surface area contributed by atoms with E-state index in [4.69, 9.17) is 0 Å². The van der Waals surface area contributed by atoms with E-state index >= 15 is 0 Å². The van der Waals surface area contributed by atoms with E-state index in [1.54, 1.807) is 0 Å². The van der Waals surface area contributed by atoms with Gasteiger partial charge in [-0.25, -0.2) is 0 Å². The van der Waals surface area contributed by atoms with E-state index in [-0.39, 0.29) is 11.3 Å². The molecule has 0 aromatic heterocycles. The predicted octanol–water partition coefficient (Wildman–Crippen LogP) is 1.54. The van der Waals surface area contributed by atoms with Crippen molar-refractivity contribution in [3.05, 3.63) is 0 Å². The van der Waals surface area contributed by atoms with Crippen LogP contribution in [-0.4, -0.2) is 25.5 Å². The molecule has 0 bridgehead atoms. The van der Waals surface area contributed by atoms with E-state index in [1.807, 2.05) is 0 Å². The van der Waals surface area contributed by atoms with Crippen molar-refractivity contribution < 1.29 is 4.79 Å². The molecular weight excluding hydrogens is 188 g/mol. The molecule has 0 aromatic rings. The summed E-state index contributed by atoms with van der Waals surface area (Å²) in [5.74, 6) is 0.952. The molecule has 1 rings (SSSR count). The van der Waals surface area contributed by atoms with Crippen LogP contribution in [0, 0.1) is 11.3 Å². The summed E-state index contributed by atoms with van der Waals surface area (Å²) in [5.41, 5.74) is 0.0962. The van der Waals surface area contributed by atoms with Gasteiger partial charge in [0.25, 0.3) is 0 Å². The third kappa shape index (κ3) is 5.78. The first-order valence-corrected chi connectivity index (χ1v) is 5.95. The fourth-order valence-corrected chi connectivity index (χ4v) is 1.92. The van der Waals surface area contributed by atoms with Crippen molar-refractivity contribution in [2.45, 2.75) is 40.0 Å². The average Bonchev–Trinajstić information content (AvgIpc) is 2.53. The van der Waals surface area contributed by atoms with Crippen molar-refractivity contribution in [1.82, 2.24) is 10.6 Å². The molecule has 1 fully saturated rings. The van der Waals surface area contributed by atoms with Crippen LogP contribution >= 0.6 is 0 Å². The van der Waals surface area contributed by atoms with Crippen molar-refractivity contribution in [3.63, 3.8) is 0 Å². The highest BCUT2D eigenvalue weighted by Gasteiger charge is 2.17. The summed E-state index contributed by atoms with van der Waals surface area (Å²) in [6.45, 7) is 9.37. The fraction of sp³-hybridized carbons (Fsp3) is 0.917. The zero-order valence-electron chi connectivity index (χ0n) is 10.2. The van der Waals surface area contributed by atoms with Gasteiger partial charge < -0.3 is 10.6 Å². The molecule has 15 heavy (non-hydrogen) atoms. The second-order valence-electron chi connectivity index (χ2n) is 5.73. The molecular formula is C12H24N2O. The standard InChI is InChI=1S/C12H24N2O/c1-12(2,3)8-11(15)14-7-5-10-4-6-13-9-10/h10,13H,4-9H2,1-3H3,(H,14,15). The number of nitrogens with one attached hydrogen (secondary N) is 2. The van der Waals surface area contributed by atoms with Crippen LogP contribution in [0.5, 0.6) is 0 Å². The van der Waals surface area contributed by atoms with Gasteiger partial charge in [-0.05, 0) is 37.3 Å². The van der Waals surface area contributed by atoms with Crippen molar-refractivity contribution in [1.29, 1.82) is 0 Å². The molecule has 1 unspecified atom stereocenters. The highest BCUT2D eigenvalue weighted by molar-refractivity contribution is 5.76. The van der Waals surface area contributed by atoms with Crippen molar-refractivity contribution >= 4 is 5.91 Å². The Morgan fingerprint density at radius 3 is 2.73 bits per heavy atom. The number of hydrogen-bond donors (Lipinski definition) is 2. The van der Waals surface area contributed by atoms with Crippen LogP contribution in [0.4, 0.5) is 0 Å². The number of rotatable bonds is 4. The van der Waals surface area contributed by atoms with Crippen LogP contribution in [0.3, 0.4) is 0 Å². The summed E-state index contributed by atoms with van der Waals surface area (Å²) >= 11 is 0. The molecule has 1 atom stereocenters. The third-order valence-corrected chi connectivity index (χ3v) is 2.73. The third-order valence-electron chi connectivity index (χ3n) is 2.73. The largest absolute Gasteiger partial charge is 0.356 e. The molecule has 2 N–H and O–H groups in total. The number of hydrogen-bond acceptors (Lipinski definition) is 2. The summed E-state index contributed by atoms with van der Waals surface area (Å²) < 4.78 is 0. The molecule has 1 heterocycles. The monoisotopic (exact) mass is 212 g/mol. The van der Waals surface area contributed by atoms with E-state index < -0.39 is 0 Å². The topological polar surface area (TPSA) is 41.1 Å². The van der Waals surface area contributed by atoms with Gasteiger partial charge in [-0.15, -0.1) is 0 Å². The normalized spacial score (nSPS) is 21.7. The minimum atomic E-state index is 0.0962. The van der Waals surface area contributed by atoms with E-state index in [0.717, 1.165) is 32.0 Å². The SMILES string of the molecule is CC(C)(C)CC(=O)NCCC1CCNC1. The summed E-state index contributed by atoms with van der Waals surface area (Å²) in [4.78, 5) is 11.5. The van der Waals surface area contributed by atoms with Gasteiger partial charge in [0.2, 0.25) is 5.91 Å². The first kappa shape index (κ1) is 12.5. The smallest absolute Gasteiger partial charge is 0.220 e. The van der Waals surface area contributed by atoms with Gasteiger partial charge in [-0.2, -0.15) is 0 Å². The zero-order valence-corrected chi connectivity index (χ0v) is 10.2. The Hall–Kier alpha value is -0.570. The van der Waals surface area contributed by atoms with Crippen LogP contribution < -0.4 is 10.6 Å². The molecule has 88 valence electrons. The highest BCUT2D eigenvalue weighted by Crippen LogP contribution is 2.18. The average molecular weight is 212 g/mol. The second-order valence-corrected chi connectivity index (χ2v) is 5.73. The first-order valence-electron chi connectivity index (χ1n) is 5.95. The summed E-state index contributed by atoms with van der Waals surface area (Å²) in [7, 11) is 0. The van der Waals surface area contributed by atoms with Gasteiger partial charge >= 0.3 is 0 Å². The Morgan fingerprint density at radius 1 is 1.47 bits per heavy atom. The Morgan fingerprint density at radius 2 is 2.20 bits per heavy atom. The Bertz CT molecular complexity index is 202. The van der Waals surface area contributed by atoms with Crippen molar-refractivity contribution in [2.24, 2.45) is 11.3 Å². The maximum atomic E-state index is 11.5.